The first-order valence-electron chi connectivity index (χ1n) is 5.89. The first-order chi connectivity index (χ1) is 9.28. The van der Waals surface area contributed by atoms with Crippen LogP contribution in [0.3, 0.4) is 0 Å². The summed E-state index contributed by atoms with van der Waals surface area (Å²) in [5, 5.41) is 2.73. The Kier molecular flexibility index (Phi) is 4.75. The summed E-state index contributed by atoms with van der Waals surface area (Å²) in [5.74, 6) is -0.285. The zero-order valence-corrected chi connectivity index (χ0v) is 11.2. The topological polar surface area (TPSA) is 41.5 Å². The van der Waals surface area contributed by atoms with Crippen LogP contribution in [0.5, 0.6) is 0 Å². The van der Waals surface area contributed by atoms with Gasteiger partial charge in [0, 0.05) is 5.69 Å². The number of carbonyl (C=O) groups excluding carboxylic acids is 1. The average Bonchev–Trinajstić information content (AvgIpc) is 2.40. The van der Waals surface area contributed by atoms with Crippen LogP contribution in [0.1, 0.15) is 11.1 Å². The molecule has 0 aliphatic carbocycles. The van der Waals surface area contributed by atoms with Crippen LogP contribution in [0, 0.1) is 0 Å². The standard InChI is InChI=1S/C15H14N2OS/c18-15(11-16-19)17-14-8-4-7-13(10-14)9-12-5-2-1-3-6-12/h1-8,10-11,19H,9H2,(H,17,18). The van der Waals surface area contributed by atoms with Crippen LogP contribution >= 0.6 is 12.8 Å². The molecule has 1 N–H and O–H groups in total. The van der Waals surface area contributed by atoms with Crippen molar-refractivity contribution in [2.45, 2.75) is 6.42 Å². The lowest BCUT2D eigenvalue weighted by atomic mass is 10.0. The van der Waals surface area contributed by atoms with Gasteiger partial charge in [-0.05, 0) is 42.5 Å². The highest BCUT2D eigenvalue weighted by molar-refractivity contribution is 7.79. The van der Waals surface area contributed by atoms with Gasteiger partial charge in [0.05, 0.1) is 6.21 Å². The molecule has 0 unspecified atom stereocenters. The molecule has 0 atom stereocenters. The van der Waals surface area contributed by atoms with E-state index in [1.165, 1.54) is 5.56 Å². The maximum atomic E-state index is 11.4. The van der Waals surface area contributed by atoms with Gasteiger partial charge in [0.1, 0.15) is 0 Å². The lowest BCUT2D eigenvalue weighted by Crippen LogP contribution is -2.12. The van der Waals surface area contributed by atoms with E-state index in [0.717, 1.165) is 23.9 Å². The molecule has 0 spiro atoms. The molecule has 2 aromatic rings. The third-order valence-corrected chi connectivity index (χ3v) is 2.74. The smallest absolute Gasteiger partial charge is 0.267 e. The maximum Gasteiger partial charge on any atom is 0.267 e. The lowest BCUT2D eigenvalue weighted by Gasteiger charge is -2.06. The van der Waals surface area contributed by atoms with Gasteiger partial charge in [-0.15, -0.1) is 0 Å². The third kappa shape index (κ3) is 4.26. The molecule has 3 nitrogen and oxygen atoms in total. The first-order valence-corrected chi connectivity index (χ1v) is 6.29. The Hall–Kier alpha value is -2.07. The number of nitrogens with one attached hydrogen (secondary N) is 1. The molecule has 0 radical (unpaired) electrons. The van der Waals surface area contributed by atoms with Crippen molar-refractivity contribution >= 4 is 30.6 Å². The number of carbonyl (C=O) groups is 1. The molecule has 0 saturated heterocycles. The summed E-state index contributed by atoms with van der Waals surface area (Å²) in [4.78, 5) is 11.4. The van der Waals surface area contributed by atoms with Crippen molar-refractivity contribution in [3.05, 3.63) is 65.7 Å². The summed E-state index contributed by atoms with van der Waals surface area (Å²) >= 11 is 3.62. The van der Waals surface area contributed by atoms with Gasteiger partial charge in [0.15, 0.2) is 0 Å². The summed E-state index contributed by atoms with van der Waals surface area (Å²) in [7, 11) is 0. The van der Waals surface area contributed by atoms with E-state index in [9.17, 15) is 4.79 Å². The summed E-state index contributed by atoms with van der Waals surface area (Å²) in [6, 6.07) is 18.0. The molecule has 0 fully saturated rings. The molecular weight excluding hydrogens is 256 g/mol. The van der Waals surface area contributed by atoms with E-state index in [4.69, 9.17) is 0 Å². The molecule has 0 saturated carbocycles. The molecule has 0 aliphatic rings. The Bertz CT molecular complexity index is 582. The maximum absolute atomic E-state index is 11.4. The van der Waals surface area contributed by atoms with E-state index < -0.39 is 0 Å². The Morgan fingerprint density at radius 2 is 1.84 bits per heavy atom. The Labute approximate surface area is 117 Å². The molecule has 4 heteroatoms. The van der Waals surface area contributed by atoms with Crippen molar-refractivity contribution in [1.29, 1.82) is 0 Å². The predicted molar refractivity (Wildman–Crippen MR) is 81.8 cm³/mol. The van der Waals surface area contributed by atoms with E-state index in [1.54, 1.807) is 0 Å². The molecule has 96 valence electrons. The molecule has 2 aromatic carbocycles. The SMILES string of the molecule is O=C(C=NS)Nc1cccc(Cc2ccccc2)c1. The number of hydrogen-bond acceptors (Lipinski definition) is 3. The van der Waals surface area contributed by atoms with Gasteiger partial charge in [-0.3, -0.25) is 4.79 Å². The number of rotatable bonds is 4. The van der Waals surface area contributed by atoms with Gasteiger partial charge in [-0.25, -0.2) is 4.40 Å². The highest BCUT2D eigenvalue weighted by Gasteiger charge is 2.00. The average molecular weight is 270 g/mol. The molecule has 0 aliphatic heterocycles. The third-order valence-electron chi connectivity index (χ3n) is 2.62. The molecule has 0 heterocycles. The summed E-state index contributed by atoms with van der Waals surface area (Å²) in [6.45, 7) is 0. The fourth-order valence-electron chi connectivity index (χ4n) is 1.82. The Morgan fingerprint density at radius 3 is 2.58 bits per heavy atom. The van der Waals surface area contributed by atoms with E-state index in [1.807, 2.05) is 42.5 Å². The van der Waals surface area contributed by atoms with Gasteiger partial charge < -0.3 is 5.32 Å². The number of anilines is 1. The van der Waals surface area contributed by atoms with Gasteiger partial charge in [-0.1, -0.05) is 42.5 Å². The second-order valence-electron chi connectivity index (χ2n) is 4.10. The molecule has 19 heavy (non-hydrogen) atoms. The largest absolute Gasteiger partial charge is 0.321 e. The predicted octanol–water partition coefficient (Wildman–Crippen LogP) is 3.13. The Balaban J connectivity index is 2.09. The first kappa shape index (κ1) is 13.4. The zero-order chi connectivity index (χ0) is 13.5. The molecule has 0 bridgehead atoms. The Morgan fingerprint density at radius 1 is 1.11 bits per heavy atom. The molecule has 2 rings (SSSR count). The number of amides is 1. The van der Waals surface area contributed by atoms with Crippen molar-refractivity contribution in [2.75, 3.05) is 5.32 Å². The second-order valence-corrected chi connectivity index (χ2v) is 4.33. The molecule has 0 aromatic heterocycles. The van der Waals surface area contributed by atoms with Crippen molar-refractivity contribution < 1.29 is 4.79 Å². The van der Waals surface area contributed by atoms with Crippen LogP contribution in [-0.2, 0) is 11.2 Å². The fraction of sp³-hybridized carbons (Fsp3) is 0.0667. The fourth-order valence-corrected chi connectivity index (χ4v) is 1.92. The van der Waals surface area contributed by atoms with Crippen molar-refractivity contribution in [2.24, 2.45) is 4.40 Å². The minimum Gasteiger partial charge on any atom is -0.321 e. The second kappa shape index (κ2) is 6.75. The molecule has 1 amide bonds. The highest BCUT2D eigenvalue weighted by atomic mass is 32.1. The van der Waals surface area contributed by atoms with Crippen LogP contribution in [0.4, 0.5) is 5.69 Å². The lowest BCUT2D eigenvalue weighted by molar-refractivity contribution is -0.109. The van der Waals surface area contributed by atoms with Crippen molar-refractivity contribution in [3.63, 3.8) is 0 Å². The number of hydrogen-bond donors (Lipinski definition) is 2. The van der Waals surface area contributed by atoms with Gasteiger partial charge in [0.2, 0.25) is 0 Å². The van der Waals surface area contributed by atoms with E-state index in [0.29, 0.717) is 0 Å². The molecular formula is C15H14N2OS. The van der Waals surface area contributed by atoms with Gasteiger partial charge >= 0.3 is 0 Å². The number of nitrogens with zero attached hydrogens (tertiary/aromatic N) is 1. The van der Waals surface area contributed by atoms with Crippen LogP contribution in [0.25, 0.3) is 0 Å². The van der Waals surface area contributed by atoms with E-state index >= 15 is 0 Å². The zero-order valence-electron chi connectivity index (χ0n) is 10.3. The number of thiol groups is 1. The van der Waals surface area contributed by atoms with Gasteiger partial charge in [-0.2, -0.15) is 0 Å². The summed E-state index contributed by atoms with van der Waals surface area (Å²) in [5.41, 5.74) is 3.14. The monoisotopic (exact) mass is 270 g/mol. The number of benzene rings is 2. The summed E-state index contributed by atoms with van der Waals surface area (Å²) in [6.07, 6.45) is 1.97. The van der Waals surface area contributed by atoms with Gasteiger partial charge in [0.25, 0.3) is 5.91 Å². The van der Waals surface area contributed by atoms with E-state index in [-0.39, 0.29) is 5.91 Å². The minimum atomic E-state index is -0.285. The normalized spacial score (nSPS) is 10.6. The van der Waals surface area contributed by atoms with Crippen LogP contribution in [0.15, 0.2) is 59.0 Å². The quantitative estimate of drug-likeness (QED) is 0.650. The van der Waals surface area contributed by atoms with Crippen molar-refractivity contribution in [1.82, 2.24) is 0 Å². The van der Waals surface area contributed by atoms with Crippen LogP contribution in [-0.4, -0.2) is 12.1 Å². The van der Waals surface area contributed by atoms with Crippen molar-refractivity contribution in [3.8, 4) is 0 Å². The van der Waals surface area contributed by atoms with E-state index in [2.05, 4.69) is 34.7 Å². The van der Waals surface area contributed by atoms with Crippen LogP contribution < -0.4 is 5.32 Å². The highest BCUT2D eigenvalue weighted by Crippen LogP contribution is 2.14. The summed E-state index contributed by atoms with van der Waals surface area (Å²) < 4.78 is 3.38. The van der Waals surface area contributed by atoms with Crippen LogP contribution in [0.2, 0.25) is 0 Å². The minimum absolute atomic E-state index is 0.285.